The summed E-state index contributed by atoms with van der Waals surface area (Å²) < 4.78 is 2.63. The summed E-state index contributed by atoms with van der Waals surface area (Å²) in [6.45, 7) is 0.146. The molecule has 0 aliphatic carbocycles. The molecule has 3 rings (SSSR count). The van der Waals surface area contributed by atoms with Crippen LogP contribution < -0.4 is 21.3 Å². The van der Waals surface area contributed by atoms with E-state index in [0.29, 0.717) is 11.4 Å². The topological polar surface area (TPSA) is 169 Å². The van der Waals surface area contributed by atoms with Crippen molar-refractivity contribution in [2.75, 3.05) is 43.2 Å². The van der Waals surface area contributed by atoms with Crippen molar-refractivity contribution in [3.8, 4) is 0 Å². The number of H-pyrrole nitrogens is 1. The monoisotopic (exact) mass is 491 g/mol. The lowest BCUT2D eigenvalue weighted by Gasteiger charge is -2.17. The third-order valence-electron chi connectivity index (χ3n) is 4.96. The van der Waals surface area contributed by atoms with Gasteiger partial charge in [-0.1, -0.05) is 0 Å². The number of anilines is 3. The highest BCUT2D eigenvalue weighted by atomic mass is 35.5. The van der Waals surface area contributed by atoms with Crippen LogP contribution in [0.5, 0.6) is 0 Å². The summed E-state index contributed by atoms with van der Waals surface area (Å²) in [5.74, 6) is -0.663. The first-order chi connectivity index (χ1) is 15.6. The number of carbonyl (C=O) groups excluding carboxylic acids is 4. The third kappa shape index (κ3) is 5.56. The number of halogens is 1. The zero-order valence-electron chi connectivity index (χ0n) is 18.8. The van der Waals surface area contributed by atoms with Gasteiger partial charge in [0.25, 0.3) is 5.91 Å². The molecular formula is C20H26ClN9O4. The number of nitrogens with two attached hydrogens (primary N) is 2. The second kappa shape index (κ2) is 10.6. The van der Waals surface area contributed by atoms with Gasteiger partial charge in [-0.05, 0) is 12.1 Å². The Labute approximate surface area is 201 Å². The molecule has 14 heteroatoms. The number of carbonyl (C=O) groups is 4. The van der Waals surface area contributed by atoms with Crippen LogP contribution in [-0.2, 0) is 4.79 Å². The lowest BCUT2D eigenvalue weighted by molar-refractivity contribution is -0.118. The van der Waals surface area contributed by atoms with Crippen molar-refractivity contribution >= 4 is 53.5 Å². The maximum absolute atomic E-state index is 12.9. The minimum absolute atomic E-state index is 0. The zero-order chi connectivity index (χ0) is 24.3. The van der Waals surface area contributed by atoms with Gasteiger partial charge in [0, 0.05) is 64.6 Å². The quantitative estimate of drug-likeness (QED) is 0.467. The van der Waals surface area contributed by atoms with Crippen LogP contribution in [0.25, 0.3) is 0 Å². The fourth-order valence-corrected chi connectivity index (χ4v) is 2.95. The predicted octanol–water partition coefficient (Wildman–Crippen LogP) is 1.17. The predicted molar refractivity (Wildman–Crippen MR) is 128 cm³/mol. The average Bonchev–Trinajstić information content (AvgIpc) is 3.55. The molecule has 0 spiro atoms. The molecule has 3 heterocycles. The van der Waals surface area contributed by atoms with Crippen LogP contribution in [0.3, 0.4) is 0 Å². The second-order valence-corrected chi connectivity index (χ2v) is 7.37. The number of nitrogens with one attached hydrogen (secondary N) is 1. The van der Waals surface area contributed by atoms with Crippen molar-refractivity contribution in [1.29, 1.82) is 0 Å². The number of hydrogen-bond donors (Lipinski definition) is 3. The Balaban J connectivity index is 0.00000408. The number of amides is 4. The number of nitrogen functional groups attached to an aromatic ring is 1. The highest BCUT2D eigenvalue weighted by Gasteiger charge is 2.21. The van der Waals surface area contributed by atoms with E-state index < -0.39 is 17.8 Å². The Morgan fingerprint density at radius 2 is 1.62 bits per heavy atom. The number of primary amides is 1. The molecule has 4 amide bonds. The van der Waals surface area contributed by atoms with E-state index in [1.807, 2.05) is 0 Å². The minimum Gasteiger partial charge on any atom is -0.397 e. The fourth-order valence-electron chi connectivity index (χ4n) is 2.95. The molecule has 0 atom stereocenters. The summed E-state index contributed by atoms with van der Waals surface area (Å²) >= 11 is 0. The number of imidazole rings is 1. The molecule has 182 valence electrons. The number of rotatable bonds is 6. The molecule has 0 aliphatic rings. The van der Waals surface area contributed by atoms with Crippen LogP contribution in [0, 0.1) is 0 Å². The summed E-state index contributed by atoms with van der Waals surface area (Å²) in [6, 6.07) is 2.43. The molecular weight excluding hydrogens is 466 g/mol. The van der Waals surface area contributed by atoms with E-state index in [2.05, 4.69) is 9.97 Å². The Hall–Kier alpha value is -4.26. The van der Waals surface area contributed by atoms with Gasteiger partial charge in [-0.2, -0.15) is 0 Å². The maximum Gasteiger partial charge on any atom is 0.333 e. The van der Waals surface area contributed by atoms with Gasteiger partial charge in [-0.15, -0.1) is 12.4 Å². The summed E-state index contributed by atoms with van der Waals surface area (Å²) in [7, 11) is 4.61. The lowest BCUT2D eigenvalue weighted by atomic mass is 10.3. The highest BCUT2D eigenvalue weighted by molar-refractivity contribution is 5.97. The molecule has 0 fully saturated rings. The van der Waals surface area contributed by atoms with E-state index >= 15 is 0 Å². The second-order valence-electron chi connectivity index (χ2n) is 7.37. The van der Waals surface area contributed by atoms with Crippen LogP contribution in [0.4, 0.5) is 26.8 Å². The number of nitrogens with zero attached hydrogens (tertiary/aromatic N) is 6. The molecule has 0 radical (unpaired) electrons. The van der Waals surface area contributed by atoms with Crippen LogP contribution in [0.2, 0.25) is 0 Å². The molecule has 0 unspecified atom stereocenters. The first kappa shape index (κ1) is 26.0. The summed E-state index contributed by atoms with van der Waals surface area (Å²) in [5.41, 5.74) is 11.7. The standard InChI is InChI=1S/C20H25N9O4.ClH/c1-25(7-6-15(22)30)18(31)17-23-10-16(24-17)27(3)20(33)29-9-5-14(12-29)26(2)19(32)28-8-4-13(21)11-28;/h4-5,8-12H,6-7,21H2,1-3H3,(H2,22,30)(H,23,24);1H. The normalized spacial score (nSPS) is 10.3. The molecule has 3 aromatic heterocycles. The summed E-state index contributed by atoms with van der Waals surface area (Å²) in [5, 5.41) is 0. The van der Waals surface area contributed by atoms with Crippen molar-refractivity contribution in [1.82, 2.24) is 24.0 Å². The average molecular weight is 492 g/mol. The van der Waals surface area contributed by atoms with E-state index in [1.165, 1.54) is 62.7 Å². The van der Waals surface area contributed by atoms with Crippen molar-refractivity contribution in [2.24, 2.45) is 5.73 Å². The summed E-state index contributed by atoms with van der Waals surface area (Å²) in [6.07, 6.45) is 7.44. The van der Waals surface area contributed by atoms with Crippen molar-refractivity contribution in [2.45, 2.75) is 6.42 Å². The summed E-state index contributed by atoms with van der Waals surface area (Å²) in [4.78, 5) is 59.5. The fraction of sp³-hybridized carbons (Fsp3) is 0.250. The first-order valence-electron chi connectivity index (χ1n) is 9.85. The SMILES string of the molecule is CN(CCC(N)=O)C(=O)c1ncc(N(C)C(=O)n2ccc(N(C)C(=O)n3ccc(N)c3)c2)[nH]1.Cl. The highest BCUT2D eigenvalue weighted by Crippen LogP contribution is 2.18. The molecule has 34 heavy (non-hydrogen) atoms. The van der Waals surface area contributed by atoms with Gasteiger partial charge in [-0.3, -0.25) is 28.5 Å². The minimum atomic E-state index is -0.518. The molecule has 3 aromatic rings. The lowest BCUT2D eigenvalue weighted by Crippen LogP contribution is -2.32. The van der Waals surface area contributed by atoms with E-state index in [0.717, 1.165) is 0 Å². The molecule has 13 nitrogen and oxygen atoms in total. The maximum atomic E-state index is 12.9. The number of hydrogen-bond acceptors (Lipinski definition) is 6. The van der Waals surface area contributed by atoms with Crippen molar-refractivity contribution in [3.63, 3.8) is 0 Å². The van der Waals surface area contributed by atoms with Gasteiger partial charge in [0.2, 0.25) is 5.91 Å². The third-order valence-corrected chi connectivity index (χ3v) is 4.96. The van der Waals surface area contributed by atoms with E-state index in [1.54, 1.807) is 25.4 Å². The van der Waals surface area contributed by atoms with Crippen LogP contribution in [0.15, 0.2) is 43.1 Å². The Bertz CT molecular complexity index is 1200. The number of aromatic amines is 1. The van der Waals surface area contributed by atoms with Gasteiger partial charge in [0.1, 0.15) is 5.82 Å². The van der Waals surface area contributed by atoms with E-state index in [-0.39, 0.29) is 43.0 Å². The Kier molecular flexibility index (Phi) is 8.08. The zero-order valence-corrected chi connectivity index (χ0v) is 19.7. The molecule has 0 saturated heterocycles. The smallest absolute Gasteiger partial charge is 0.333 e. The van der Waals surface area contributed by atoms with Gasteiger partial charge < -0.3 is 21.4 Å². The van der Waals surface area contributed by atoms with Crippen LogP contribution in [0.1, 0.15) is 17.0 Å². The van der Waals surface area contributed by atoms with Gasteiger partial charge in [0.05, 0.1) is 11.9 Å². The van der Waals surface area contributed by atoms with E-state index in [4.69, 9.17) is 11.5 Å². The number of aromatic nitrogens is 4. The van der Waals surface area contributed by atoms with Gasteiger partial charge >= 0.3 is 12.1 Å². The van der Waals surface area contributed by atoms with Crippen LogP contribution in [-0.4, -0.2) is 75.6 Å². The molecule has 5 N–H and O–H groups in total. The van der Waals surface area contributed by atoms with Gasteiger partial charge in [-0.25, -0.2) is 14.6 Å². The van der Waals surface area contributed by atoms with Crippen LogP contribution >= 0.6 is 12.4 Å². The van der Waals surface area contributed by atoms with Crippen molar-refractivity contribution in [3.05, 3.63) is 48.9 Å². The van der Waals surface area contributed by atoms with Gasteiger partial charge in [0.15, 0.2) is 5.82 Å². The first-order valence-corrected chi connectivity index (χ1v) is 9.85. The molecule has 0 saturated carbocycles. The largest absolute Gasteiger partial charge is 0.397 e. The molecule has 0 bridgehead atoms. The molecule has 0 aliphatic heterocycles. The Morgan fingerprint density at radius 3 is 2.24 bits per heavy atom. The van der Waals surface area contributed by atoms with Crippen molar-refractivity contribution < 1.29 is 19.2 Å². The molecule has 0 aromatic carbocycles. The Morgan fingerprint density at radius 1 is 1.00 bits per heavy atom. The van der Waals surface area contributed by atoms with E-state index in [9.17, 15) is 19.2 Å².